The van der Waals surface area contributed by atoms with E-state index in [2.05, 4.69) is 25.7 Å². The minimum absolute atomic E-state index is 0.245. The molecule has 0 radical (unpaired) electrons. The van der Waals surface area contributed by atoms with Crippen LogP contribution in [0.15, 0.2) is 18.2 Å². The molecule has 1 aromatic rings. The van der Waals surface area contributed by atoms with Crippen LogP contribution < -0.4 is 0 Å². The summed E-state index contributed by atoms with van der Waals surface area (Å²) in [6.07, 6.45) is 1.22. The number of halogens is 1. The minimum atomic E-state index is -0.405. The lowest BCUT2D eigenvalue weighted by Gasteiger charge is -2.38. The van der Waals surface area contributed by atoms with Gasteiger partial charge in [-0.3, -0.25) is 9.69 Å². The molecule has 0 aromatic heterocycles. The Morgan fingerprint density at radius 2 is 1.85 bits per heavy atom. The van der Waals surface area contributed by atoms with Gasteiger partial charge in [0.2, 0.25) is 0 Å². The standard InChI is InChI=1S/C17H26ClNO/c1-6-17(5,19(7-2)8-3)16(20)12-14-10-9-13(4)11-15(14)18/h9-11H,6-8,12H2,1-5H3. The van der Waals surface area contributed by atoms with E-state index in [4.69, 9.17) is 11.6 Å². The van der Waals surface area contributed by atoms with Crippen LogP contribution in [0.3, 0.4) is 0 Å². The molecule has 1 atom stereocenters. The zero-order chi connectivity index (χ0) is 15.3. The Morgan fingerprint density at radius 3 is 2.30 bits per heavy atom. The lowest BCUT2D eigenvalue weighted by atomic mass is 9.87. The molecule has 0 aliphatic heterocycles. The number of hydrogen-bond acceptors (Lipinski definition) is 2. The molecule has 0 heterocycles. The van der Waals surface area contributed by atoms with Gasteiger partial charge in [0.05, 0.1) is 5.54 Å². The van der Waals surface area contributed by atoms with Crippen LogP contribution in [0, 0.1) is 6.92 Å². The van der Waals surface area contributed by atoms with Crippen molar-refractivity contribution in [2.75, 3.05) is 13.1 Å². The van der Waals surface area contributed by atoms with Gasteiger partial charge in [0, 0.05) is 11.4 Å². The average Bonchev–Trinajstić information content (AvgIpc) is 2.42. The van der Waals surface area contributed by atoms with Crippen LogP contribution in [-0.2, 0) is 11.2 Å². The van der Waals surface area contributed by atoms with Crippen LogP contribution >= 0.6 is 11.6 Å². The van der Waals surface area contributed by atoms with E-state index in [1.165, 1.54) is 0 Å². The SMILES string of the molecule is CCN(CC)C(C)(CC)C(=O)Cc1ccc(C)cc1Cl. The van der Waals surface area contributed by atoms with Gasteiger partial charge >= 0.3 is 0 Å². The fourth-order valence-corrected chi connectivity index (χ4v) is 2.98. The second kappa shape index (κ2) is 7.24. The Labute approximate surface area is 128 Å². The minimum Gasteiger partial charge on any atom is -0.297 e. The largest absolute Gasteiger partial charge is 0.297 e. The van der Waals surface area contributed by atoms with Gasteiger partial charge in [0.1, 0.15) is 0 Å². The highest BCUT2D eigenvalue weighted by Crippen LogP contribution is 2.25. The van der Waals surface area contributed by atoms with Gasteiger partial charge in [0.15, 0.2) is 5.78 Å². The number of rotatable bonds is 7. The number of nitrogens with zero attached hydrogens (tertiary/aromatic N) is 1. The van der Waals surface area contributed by atoms with Crippen LogP contribution in [0.5, 0.6) is 0 Å². The summed E-state index contributed by atoms with van der Waals surface area (Å²) in [5.74, 6) is 0.245. The Morgan fingerprint density at radius 1 is 1.25 bits per heavy atom. The molecule has 1 aromatic carbocycles. The molecular weight excluding hydrogens is 270 g/mol. The van der Waals surface area contributed by atoms with Crippen molar-refractivity contribution in [3.63, 3.8) is 0 Å². The zero-order valence-corrected chi connectivity index (χ0v) is 14.0. The molecule has 0 bridgehead atoms. The molecule has 0 amide bonds. The summed E-state index contributed by atoms with van der Waals surface area (Å²) < 4.78 is 0. The van der Waals surface area contributed by atoms with E-state index in [1.807, 2.05) is 32.0 Å². The number of hydrogen-bond donors (Lipinski definition) is 0. The molecule has 0 N–H and O–H groups in total. The summed E-state index contributed by atoms with van der Waals surface area (Å²) >= 11 is 6.25. The van der Waals surface area contributed by atoms with Crippen molar-refractivity contribution in [1.82, 2.24) is 4.90 Å². The Bertz CT molecular complexity index is 468. The third kappa shape index (κ3) is 3.62. The topological polar surface area (TPSA) is 20.3 Å². The highest BCUT2D eigenvalue weighted by atomic mass is 35.5. The molecule has 3 heteroatoms. The number of Topliss-reactive ketones (excluding diaryl/α,β-unsaturated/α-hetero) is 1. The zero-order valence-electron chi connectivity index (χ0n) is 13.3. The van der Waals surface area contributed by atoms with Crippen LogP contribution in [0.4, 0.5) is 0 Å². The monoisotopic (exact) mass is 295 g/mol. The van der Waals surface area contributed by atoms with Crippen LogP contribution in [0.1, 0.15) is 45.2 Å². The van der Waals surface area contributed by atoms with E-state index in [0.717, 1.165) is 30.6 Å². The summed E-state index contributed by atoms with van der Waals surface area (Å²) in [5, 5.41) is 0.691. The van der Waals surface area contributed by atoms with E-state index >= 15 is 0 Å². The van der Waals surface area contributed by atoms with Crippen molar-refractivity contribution < 1.29 is 4.79 Å². The average molecular weight is 296 g/mol. The lowest BCUT2D eigenvalue weighted by Crippen LogP contribution is -2.52. The van der Waals surface area contributed by atoms with Crippen molar-refractivity contribution in [1.29, 1.82) is 0 Å². The summed E-state index contributed by atoms with van der Waals surface area (Å²) in [6.45, 7) is 12.1. The van der Waals surface area contributed by atoms with Crippen molar-refractivity contribution in [2.24, 2.45) is 0 Å². The molecule has 0 saturated heterocycles. The predicted octanol–water partition coefficient (Wildman–Crippen LogP) is 4.27. The second-order valence-electron chi connectivity index (χ2n) is 5.49. The third-order valence-electron chi connectivity index (χ3n) is 4.31. The van der Waals surface area contributed by atoms with E-state index in [9.17, 15) is 4.79 Å². The first kappa shape index (κ1) is 17.2. The number of aryl methyl sites for hydroxylation is 1. The molecule has 0 aliphatic carbocycles. The van der Waals surface area contributed by atoms with E-state index in [0.29, 0.717) is 11.4 Å². The Hall–Kier alpha value is -0.860. The summed E-state index contributed by atoms with van der Waals surface area (Å²) in [5.41, 5.74) is 1.64. The highest BCUT2D eigenvalue weighted by Gasteiger charge is 2.35. The van der Waals surface area contributed by atoms with Crippen LogP contribution in [-0.4, -0.2) is 29.3 Å². The second-order valence-corrected chi connectivity index (χ2v) is 5.90. The predicted molar refractivity (Wildman–Crippen MR) is 86.5 cm³/mol. The first-order valence-electron chi connectivity index (χ1n) is 7.42. The van der Waals surface area contributed by atoms with Crippen molar-refractivity contribution in [3.05, 3.63) is 34.3 Å². The van der Waals surface area contributed by atoms with Gasteiger partial charge in [-0.1, -0.05) is 44.5 Å². The molecule has 2 nitrogen and oxygen atoms in total. The fraction of sp³-hybridized carbons (Fsp3) is 0.588. The van der Waals surface area contributed by atoms with Gasteiger partial charge in [-0.25, -0.2) is 0 Å². The van der Waals surface area contributed by atoms with E-state index < -0.39 is 5.54 Å². The molecule has 20 heavy (non-hydrogen) atoms. The molecule has 0 aliphatic rings. The lowest BCUT2D eigenvalue weighted by molar-refractivity contribution is -0.129. The van der Waals surface area contributed by atoms with Crippen LogP contribution in [0.2, 0.25) is 5.02 Å². The molecule has 0 spiro atoms. The van der Waals surface area contributed by atoms with Crippen LogP contribution in [0.25, 0.3) is 0 Å². The summed E-state index contributed by atoms with van der Waals surface area (Å²) in [6, 6.07) is 5.90. The van der Waals surface area contributed by atoms with Gasteiger partial charge in [-0.15, -0.1) is 0 Å². The molecule has 112 valence electrons. The Kier molecular flexibility index (Phi) is 6.22. The number of ketones is 1. The van der Waals surface area contributed by atoms with Gasteiger partial charge in [-0.05, 0) is 50.6 Å². The van der Waals surface area contributed by atoms with E-state index in [-0.39, 0.29) is 5.78 Å². The van der Waals surface area contributed by atoms with Gasteiger partial charge < -0.3 is 0 Å². The smallest absolute Gasteiger partial charge is 0.157 e. The molecule has 0 saturated carbocycles. The molecule has 1 rings (SSSR count). The quantitative estimate of drug-likeness (QED) is 0.749. The molecule has 0 fully saturated rings. The maximum absolute atomic E-state index is 12.8. The van der Waals surface area contributed by atoms with E-state index in [1.54, 1.807) is 0 Å². The summed E-state index contributed by atoms with van der Waals surface area (Å²) in [7, 11) is 0. The van der Waals surface area contributed by atoms with Crippen molar-refractivity contribution >= 4 is 17.4 Å². The molecule has 1 unspecified atom stereocenters. The third-order valence-corrected chi connectivity index (χ3v) is 4.66. The van der Waals surface area contributed by atoms with Gasteiger partial charge in [-0.2, -0.15) is 0 Å². The highest BCUT2D eigenvalue weighted by molar-refractivity contribution is 6.31. The maximum atomic E-state index is 12.8. The normalized spacial score (nSPS) is 14.3. The van der Waals surface area contributed by atoms with Crippen molar-refractivity contribution in [3.8, 4) is 0 Å². The first-order valence-corrected chi connectivity index (χ1v) is 7.80. The first-order chi connectivity index (χ1) is 9.38. The van der Waals surface area contributed by atoms with Gasteiger partial charge in [0.25, 0.3) is 0 Å². The molecular formula is C17H26ClNO. The number of likely N-dealkylation sites (N-methyl/N-ethyl adjacent to an activating group) is 1. The number of carbonyl (C=O) groups excluding carboxylic acids is 1. The maximum Gasteiger partial charge on any atom is 0.157 e. The van der Waals surface area contributed by atoms with Crippen molar-refractivity contribution in [2.45, 2.75) is 53.0 Å². The Balaban J connectivity index is 2.97. The number of carbonyl (C=O) groups is 1. The number of benzene rings is 1. The fourth-order valence-electron chi connectivity index (χ4n) is 2.68. The summed E-state index contributed by atoms with van der Waals surface area (Å²) in [4.78, 5) is 15.0.